The number of amides is 1. The third kappa shape index (κ3) is 3.80. The summed E-state index contributed by atoms with van der Waals surface area (Å²) in [6.07, 6.45) is 3.41. The number of carbonyl (C=O) groups excluding carboxylic acids is 1. The highest BCUT2D eigenvalue weighted by atomic mass is 127. The van der Waals surface area contributed by atoms with Crippen molar-refractivity contribution in [3.63, 3.8) is 0 Å². The molecule has 0 atom stereocenters. The molecule has 4 heteroatoms. The first-order valence-electron chi connectivity index (χ1n) is 7.49. The Morgan fingerprint density at radius 1 is 1.18 bits per heavy atom. The van der Waals surface area contributed by atoms with Gasteiger partial charge in [-0.15, -0.1) is 0 Å². The van der Waals surface area contributed by atoms with Crippen molar-refractivity contribution in [1.82, 2.24) is 5.32 Å². The molecule has 0 heterocycles. The van der Waals surface area contributed by atoms with E-state index in [1.165, 1.54) is 6.42 Å². The predicted molar refractivity (Wildman–Crippen MR) is 95.0 cm³/mol. The summed E-state index contributed by atoms with van der Waals surface area (Å²) in [6.45, 7) is 0.532. The smallest absolute Gasteiger partial charge is 0.251 e. The molecule has 1 N–H and O–H groups in total. The van der Waals surface area contributed by atoms with Gasteiger partial charge in [0.2, 0.25) is 0 Å². The second kappa shape index (κ2) is 7.13. The Balaban J connectivity index is 1.62. The van der Waals surface area contributed by atoms with Gasteiger partial charge in [0.05, 0.1) is 3.57 Å². The summed E-state index contributed by atoms with van der Waals surface area (Å²) in [6, 6.07) is 16.0. The Labute approximate surface area is 144 Å². The van der Waals surface area contributed by atoms with Crippen molar-refractivity contribution in [3.8, 4) is 5.75 Å². The van der Waals surface area contributed by atoms with Crippen molar-refractivity contribution >= 4 is 28.5 Å². The molecular formula is C18H18INO2. The van der Waals surface area contributed by atoms with E-state index >= 15 is 0 Å². The van der Waals surface area contributed by atoms with Crippen molar-refractivity contribution < 1.29 is 9.53 Å². The molecule has 0 spiro atoms. The second-order valence-corrected chi connectivity index (χ2v) is 6.68. The number of hydrogen-bond donors (Lipinski definition) is 1. The summed E-state index contributed by atoms with van der Waals surface area (Å²) in [5, 5.41) is 3.05. The largest absolute Gasteiger partial charge is 0.488 e. The van der Waals surface area contributed by atoms with Gasteiger partial charge >= 0.3 is 0 Å². The fraction of sp³-hybridized carbons (Fsp3) is 0.278. The number of halogens is 1. The summed E-state index contributed by atoms with van der Waals surface area (Å²) in [5.74, 6) is 0.821. The lowest BCUT2D eigenvalue weighted by Crippen LogP contribution is -2.39. The van der Waals surface area contributed by atoms with Gasteiger partial charge < -0.3 is 10.1 Å². The van der Waals surface area contributed by atoms with Crippen LogP contribution in [0.2, 0.25) is 0 Å². The fourth-order valence-corrected chi connectivity index (χ4v) is 2.99. The maximum Gasteiger partial charge on any atom is 0.251 e. The zero-order valence-electron chi connectivity index (χ0n) is 12.2. The Morgan fingerprint density at radius 2 is 1.95 bits per heavy atom. The lowest BCUT2D eigenvalue weighted by Gasteiger charge is -2.26. The van der Waals surface area contributed by atoms with E-state index in [0.717, 1.165) is 27.7 Å². The van der Waals surface area contributed by atoms with Crippen LogP contribution in [-0.2, 0) is 6.61 Å². The molecule has 0 radical (unpaired) electrons. The van der Waals surface area contributed by atoms with Crippen LogP contribution < -0.4 is 10.1 Å². The van der Waals surface area contributed by atoms with Gasteiger partial charge in [0.1, 0.15) is 12.4 Å². The number of hydrogen-bond acceptors (Lipinski definition) is 2. The third-order valence-electron chi connectivity index (χ3n) is 3.87. The minimum Gasteiger partial charge on any atom is -0.488 e. The predicted octanol–water partition coefficient (Wildman–Crippen LogP) is 4.15. The van der Waals surface area contributed by atoms with Crippen molar-refractivity contribution in [1.29, 1.82) is 0 Å². The maximum absolute atomic E-state index is 12.1. The van der Waals surface area contributed by atoms with Crippen molar-refractivity contribution in [3.05, 3.63) is 63.2 Å². The van der Waals surface area contributed by atoms with E-state index in [1.54, 1.807) is 0 Å². The van der Waals surface area contributed by atoms with Gasteiger partial charge in [-0.05, 0) is 65.6 Å². The molecule has 1 amide bonds. The normalized spacial score (nSPS) is 14.2. The van der Waals surface area contributed by atoms with E-state index in [1.807, 2.05) is 48.5 Å². The molecule has 1 aliphatic carbocycles. The third-order valence-corrected chi connectivity index (χ3v) is 4.71. The van der Waals surface area contributed by atoms with E-state index in [4.69, 9.17) is 4.74 Å². The van der Waals surface area contributed by atoms with Crippen molar-refractivity contribution in [2.24, 2.45) is 0 Å². The number of benzene rings is 2. The van der Waals surface area contributed by atoms with E-state index in [0.29, 0.717) is 18.2 Å². The highest BCUT2D eigenvalue weighted by Gasteiger charge is 2.20. The van der Waals surface area contributed by atoms with E-state index < -0.39 is 0 Å². The molecule has 114 valence electrons. The van der Waals surface area contributed by atoms with Crippen LogP contribution in [0.15, 0.2) is 48.5 Å². The average molecular weight is 407 g/mol. The standard InChI is InChI=1S/C18H18INO2/c19-16-11-14(18(21)20-15-7-4-8-15)9-10-17(16)22-12-13-5-2-1-3-6-13/h1-3,5-6,9-11,15H,4,7-8,12H2,(H,20,21). The van der Waals surface area contributed by atoms with Gasteiger partial charge in [0.15, 0.2) is 0 Å². The first-order valence-corrected chi connectivity index (χ1v) is 8.57. The molecule has 0 unspecified atom stereocenters. The summed E-state index contributed by atoms with van der Waals surface area (Å²) in [5.41, 5.74) is 1.83. The number of carbonyl (C=O) groups is 1. The maximum atomic E-state index is 12.1. The Morgan fingerprint density at radius 3 is 2.59 bits per heavy atom. The molecule has 22 heavy (non-hydrogen) atoms. The monoisotopic (exact) mass is 407 g/mol. The average Bonchev–Trinajstić information content (AvgIpc) is 2.50. The Bertz CT molecular complexity index is 653. The highest BCUT2D eigenvalue weighted by Crippen LogP contribution is 2.24. The van der Waals surface area contributed by atoms with Gasteiger partial charge in [-0.3, -0.25) is 4.79 Å². The summed E-state index contributed by atoms with van der Waals surface area (Å²) in [4.78, 5) is 12.1. The molecular weight excluding hydrogens is 389 g/mol. The molecule has 3 nitrogen and oxygen atoms in total. The van der Waals surface area contributed by atoms with Crippen LogP contribution in [0.1, 0.15) is 35.2 Å². The first kappa shape index (κ1) is 15.3. The van der Waals surface area contributed by atoms with Gasteiger partial charge in [-0.1, -0.05) is 30.3 Å². The molecule has 1 aliphatic rings. The number of rotatable bonds is 5. The topological polar surface area (TPSA) is 38.3 Å². The van der Waals surface area contributed by atoms with Gasteiger partial charge in [-0.25, -0.2) is 0 Å². The molecule has 1 fully saturated rings. The first-order chi connectivity index (χ1) is 10.7. The molecule has 3 rings (SSSR count). The number of nitrogens with one attached hydrogen (secondary N) is 1. The number of ether oxygens (including phenoxy) is 1. The van der Waals surface area contributed by atoms with Crippen LogP contribution in [0, 0.1) is 3.57 Å². The van der Waals surface area contributed by atoms with Crippen molar-refractivity contribution in [2.45, 2.75) is 31.9 Å². The molecule has 2 aromatic rings. The minimum absolute atomic E-state index is 0.0113. The fourth-order valence-electron chi connectivity index (χ4n) is 2.32. The minimum atomic E-state index is 0.0113. The Hall–Kier alpha value is -1.56. The molecule has 0 aromatic heterocycles. The van der Waals surface area contributed by atoms with Gasteiger partial charge in [-0.2, -0.15) is 0 Å². The zero-order valence-corrected chi connectivity index (χ0v) is 14.4. The molecule has 0 aliphatic heterocycles. The van der Waals surface area contributed by atoms with Crippen LogP contribution in [0.25, 0.3) is 0 Å². The lowest BCUT2D eigenvalue weighted by atomic mass is 9.93. The van der Waals surface area contributed by atoms with Gasteiger partial charge in [0.25, 0.3) is 5.91 Å². The van der Waals surface area contributed by atoms with Crippen LogP contribution in [0.5, 0.6) is 5.75 Å². The Kier molecular flexibility index (Phi) is 4.97. The summed E-state index contributed by atoms with van der Waals surface area (Å²) < 4.78 is 6.79. The van der Waals surface area contributed by atoms with Crippen molar-refractivity contribution in [2.75, 3.05) is 0 Å². The van der Waals surface area contributed by atoms with Crippen LogP contribution in [0.3, 0.4) is 0 Å². The quantitative estimate of drug-likeness (QED) is 0.757. The zero-order chi connectivity index (χ0) is 15.4. The SMILES string of the molecule is O=C(NC1CCC1)c1ccc(OCc2ccccc2)c(I)c1. The van der Waals surface area contributed by atoms with Crippen LogP contribution in [-0.4, -0.2) is 11.9 Å². The second-order valence-electron chi connectivity index (χ2n) is 5.52. The van der Waals surface area contributed by atoms with Gasteiger partial charge in [0, 0.05) is 11.6 Å². The van der Waals surface area contributed by atoms with Crippen LogP contribution in [0.4, 0.5) is 0 Å². The van der Waals surface area contributed by atoms with E-state index in [9.17, 15) is 4.79 Å². The summed E-state index contributed by atoms with van der Waals surface area (Å²) >= 11 is 2.21. The van der Waals surface area contributed by atoms with E-state index in [2.05, 4.69) is 27.9 Å². The molecule has 1 saturated carbocycles. The van der Waals surface area contributed by atoms with Crippen LogP contribution >= 0.6 is 22.6 Å². The molecule has 2 aromatic carbocycles. The lowest BCUT2D eigenvalue weighted by molar-refractivity contribution is 0.0917. The van der Waals surface area contributed by atoms with E-state index in [-0.39, 0.29) is 5.91 Å². The highest BCUT2D eigenvalue weighted by molar-refractivity contribution is 14.1. The molecule has 0 bridgehead atoms. The summed E-state index contributed by atoms with van der Waals surface area (Å²) in [7, 11) is 0. The molecule has 0 saturated heterocycles.